The zero-order valence-corrected chi connectivity index (χ0v) is 22.5. The van der Waals surface area contributed by atoms with Gasteiger partial charge in [-0.05, 0) is 60.5 Å². The molecule has 0 bridgehead atoms. The van der Waals surface area contributed by atoms with Gasteiger partial charge in [0.05, 0.1) is 16.1 Å². The molecule has 0 saturated heterocycles. The molecule has 7 nitrogen and oxygen atoms in total. The van der Waals surface area contributed by atoms with Crippen LogP contribution in [-0.4, -0.2) is 36.3 Å². The van der Waals surface area contributed by atoms with E-state index in [1.54, 1.807) is 6.20 Å². The molecule has 2 N–H and O–H groups in total. The monoisotopic (exact) mass is 577 g/mol. The van der Waals surface area contributed by atoms with E-state index in [2.05, 4.69) is 15.0 Å². The molecule has 0 fully saturated rings. The van der Waals surface area contributed by atoms with E-state index in [1.807, 2.05) is 83.7 Å². The summed E-state index contributed by atoms with van der Waals surface area (Å²) in [5.74, 6) is 0.611. The minimum Gasteiger partial charge on any atom is -0.370 e. The van der Waals surface area contributed by atoms with Gasteiger partial charge in [-0.1, -0.05) is 48.5 Å². The predicted octanol–water partition coefficient (Wildman–Crippen LogP) is 6.40. The smallest absolute Gasteiger partial charge is 0.370 e. The Morgan fingerprint density at radius 2 is 1.49 bits per heavy atom. The van der Waals surface area contributed by atoms with E-state index in [1.165, 1.54) is 0 Å². The number of sulfonamides is 1. The molecule has 0 aliphatic carbocycles. The SMILES string of the molecule is O=S(=O)(NCCCNc1cc(-c2cn(-c3ccccc3)nc2-c2ccccc2)ccn1)c1ccc(C(F)(F)F)cc1. The normalized spacial score (nSPS) is 11.9. The molecular weight excluding hydrogens is 551 g/mol. The largest absolute Gasteiger partial charge is 0.416 e. The highest BCUT2D eigenvalue weighted by molar-refractivity contribution is 7.89. The van der Waals surface area contributed by atoms with E-state index >= 15 is 0 Å². The second-order valence-corrected chi connectivity index (χ2v) is 10.9. The summed E-state index contributed by atoms with van der Waals surface area (Å²) in [4.78, 5) is 4.16. The Morgan fingerprint density at radius 1 is 0.805 bits per heavy atom. The van der Waals surface area contributed by atoms with Gasteiger partial charge < -0.3 is 5.32 Å². The van der Waals surface area contributed by atoms with Gasteiger partial charge in [0.2, 0.25) is 10.0 Å². The summed E-state index contributed by atoms with van der Waals surface area (Å²) in [6.07, 6.45) is -0.433. The van der Waals surface area contributed by atoms with E-state index in [-0.39, 0.29) is 11.4 Å². The van der Waals surface area contributed by atoms with Crippen LogP contribution in [0.25, 0.3) is 28.1 Å². The molecule has 0 unspecified atom stereocenters. The van der Waals surface area contributed by atoms with Crippen LogP contribution in [0.3, 0.4) is 0 Å². The standard InChI is InChI=1S/C30H26F3N5O2S/c31-30(32,33)24-12-14-26(15-13-24)41(39,40)36-18-7-17-34-28-20-23(16-19-35-28)27-21-38(25-10-5-2-6-11-25)37-29(27)22-8-3-1-4-9-22/h1-6,8-16,19-21,36H,7,17-18H2,(H,34,35). The number of aromatic nitrogens is 3. The zero-order valence-electron chi connectivity index (χ0n) is 21.7. The van der Waals surface area contributed by atoms with Crippen LogP contribution in [0.5, 0.6) is 0 Å². The van der Waals surface area contributed by atoms with E-state index < -0.39 is 21.8 Å². The maximum Gasteiger partial charge on any atom is 0.416 e. The number of nitrogens with zero attached hydrogens (tertiary/aromatic N) is 3. The first kappa shape index (κ1) is 28.1. The zero-order chi connectivity index (χ0) is 28.9. The van der Waals surface area contributed by atoms with Crippen LogP contribution in [0.4, 0.5) is 19.0 Å². The van der Waals surface area contributed by atoms with E-state index in [4.69, 9.17) is 5.10 Å². The van der Waals surface area contributed by atoms with Crippen molar-refractivity contribution >= 4 is 15.8 Å². The lowest BCUT2D eigenvalue weighted by molar-refractivity contribution is -0.137. The number of benzene rings is 3. The molecule has 0 aliphatic rings. The Kier molecular flexibility index (Phi) is 8.18. The number of para-hydroxylation sites is 1. The van der Waals surface area contributed by atoms with Gasteiger partial charge in [0.25, 0.3) is 0 Å². The van der Waals surface area contributed by atoms with E-state index in [0.717, 1.165) is 52.3 Å². The molecule has 5 rings (SSSR count). The third-order valence-corrected chi connectivity index (χ3v) is 7.77. The topological polar surface area (TPSA) is 88.9 Å². The molecule has 0 atom stereocenters. The maximum atomic E-state index is 12.8. The molecule has 2 aromatic heterocycles. The fraction of sp³-hybridized carbons (Fsp3) is 0.133. The second kappa shape index (κ2) is 11.9. The lowest BCUT2D eigenvalue weighted by Crippen LogP contribution is -2.26. The minimum absolute atomic E-state index is 0.0953. The van der Waals surface area contributed by atoms with Crippen LogP contribution in [0.2, 0.25) is 0 Å². The van der Waals surface area contributed by atoms with E-state index in [0.29, 0.717) is 18.8 Å². The fourth-order valence-electron chi connectivity index (χ4n) is 4.22. The van der Waals surface area contributed by atoms with Gasteiger partial charge in [-0.25, -0.2) is 22.8 Å². The first-order valence-electron chi connectivity index (χ1n) is 12.8. The summed E-state index contributed by atoms with van der Waals surface area (Å²) in [6, 6.07) is 26.9. The predicted molar refractivity (Wildman–Crippen MR) is 152 cm³/mol. The molecule has 0 saturated carbocycles. The Bertz CT molecular complexity index is 1710. The van der Waals surface area contributed by atoms with Crippen molar-refractivity contribution in [2.45, 2.75) is 17.5 Å². The summed E-state index contributed by atoms with van der Waals surface area (Å²) in [5.41, 5.74) is 3.66. The van der Waals surface area contributed by atoms with Gasteiger partial charge in [0, 0.05) is 36.6 Å². The van der Waals surface area contributed by atoms with Crippen molar-refractivity contribution in [2.75, 3.05) is 18.4 Å². The fourth-order valence-corrected chi connectivity index (χ4v) is 5.29. The molecule has 0 amide bonds. The molecule has 3 aromatic carbocycles. The summed E-state index contributed by atoms with van der Waals surface area (Å²) in [6.45, 7) is 0.513. The number of anilines is 1. The number of hydrogen-bond donors (Lipinski definition) is 2. The van der Waals surface area contributed by atoms with Gasteiger partial charge in [-0.15, -0.1) is 0 Å². The van der Waals surface area contributed by atoms with Gasteiger partial charge in [0.1, 0.15) is 11.5 Å². The Balaban J connectivity index is 1.25. The van der Waals surface area contributed by atoms with Crippen molar-refractivity contribution in [3.05, 3.63) is 115 Å². The summed E-state index contributed by atoms with van der Waals surface area (Å²) in [5, 5.41) is 8.07. The Hall–Kier alpha value is -4.48. The molecular formula is C30H26F3N5O2S. The molecule has 5 aromatic rings. The summed E-state index contributed by atoms with van der Waals surface area (Å²) < 4.78 is 67.4. The second-order valence-electron chi connectivity index (χ2n) is 9.17. The molecule has 41 heavy (non-hydrogen) atoms. The van der Waals surface area contributed by atoms with Crippen molar-refractivity contribution in [3.8, 4) is 28.1 Å². The summed E-state index contributed by atoms with van der Waals surface area (Å²) in [7, 11) is -3.93. The van der Waals surface area contributed by atoms with Crippen molar-refractivity contribution in [1.29, 1.82) is 0 Å². The van der Waals surface area contributed by atoms with Crippen molar-refractivity contribution in [3.63, 3.8) is 0 Å². The average Bonchev–Trinajstić information content (AvgIpc) is 3.43. The van der Waals surface area contributed by atoms with Gasteiger partial charge in [-0.3, -0.25) is 0 Å². The molecule has 0 spiro atoms. The average molecular weight is 578 g/mol. The minimum atomic E-state index is -4.53. The van der Waals surface area contributed by atoms with Gasteiger partial charge in [0.15, 0.2) is 0 Å². The van der Waals surface area contributed by atoms with Crippen molar-refractivity contribution in [2.24, 2.45) is 0 Å². The van der Waals surface area contributed by atoms with Crippen molar-refractivity contribution < 1.29 is 21.6 Å². The molecule has 11 heteroatoms. The number of nitrogens with one attached hydrogen (secondary N) is 2. The Labute approximate surface area is 235 Å². The van der Waals surface area contributed by atoms with Crippen LogP contribution >= 0.6 is 0 Å². The van der Waals surface area contributed by atoms with Crippen LogP contribution in [0.1, 0.15) is 12.0 Å². The number of alkyl halides is 3. The van der Waals surface area contributed by atoms with Crippen LogP contribution < -0.4 is 10.0 Å². The highest BCUT2D eigenvalue weighted by Gasteiger charge is 2.30. The first-order chi connectivity index (χ1) is 19.7. The number of halogens is 3. The quantitative estimate of drug-likeness (QED) is 0.188. The first-order valence-corrected chi connectivity index (χ1v) is 14.3. The molecule has 0 aliphatic heterocycles. The van der Waals surface area contributed by atoms with Gasteiger partial charge in [-0.2, -0.15) is 18.3 Å². The lowest BCUT2D eigenvalue weighted by Gasteiger charge is -2.10. The third kappa shape index (κ3) is 6.82. The highest BCUT2D eigenvalue weighted by atomic mass is 32.2. The number of rotatable bonds is 10. The van der Waals surface area contributed by atoms with Gasteiger partial charge >= 0.3 is 6.18 Å². The third-order valence-electron chi connectivity index (χ3n) is 6.30. The summed E-state index contributed by atoms with van der Waals surface area (Å²) >= 11 is 0. The van der Waals surface area contributed by atoms with E-state index in [9.17, 15) is 21.6 Å². The van der Waals surface area contributed by atoms with Crippen molar-refractivity contribution in [1.82, 2.24) is 19.5 Å². The lowest BCUT2D eigenvalue weighted by atomic mass is 10.0. The molecule has 210 valence electrons. The molecule has 2 heterocycles. The van der Waals surface area contributed by atoms with Crippen LogP contribution in [0, 0.1) is 0 Å². The number of hydrogen-bond acceptors (Lipinski definition) is 5. The Morgan fingerprint density at radius 3 is 2.17 bits per heavy atom. The molecule has 0 radical (unpaired) electrons. The van der Waals surface area contributed by atoms with Crippen LogP contribution in [-0.2, 0) is 16.2 Å². The number of pyridine rings is 1. The van der Waals surface area contributed by atoms with Crippen LogP contribution in [0.15, 0.2) is 114 Å². The highest BCUT2D eigenvalue weighted by Crippen LogP contribution is 2.33. The maximum absolute atomic E-state index is 12.8.